The van der Waals surface area contributed by atoms with Gasteiger partial charge in [0.25, 0.3) is 11.8 Å². The van der Waals surface area contributed by atoms with E-state index < -0.39 is 18.4 Å². The fourth-order valence-corrected chi connectivity index (χ4v) is 16.0. The Morgan fingerprint density at radius 3 is 1.72 bits per heavy atom. The number of amides is 5. The van der Waals surface area contributed by atoms with Gasteiger partial charge in [0, 0.05) is 85.3 Å². The van der Waals surface area contributed by atoms with E-state index in [2.05, 4.69) is 36.9 Å². The first-order chi connectivity index (χ1) is 50.7. The number of phenols is 1. The van der Waals surface area contributed by atoms with Crippen LogP contribution in [-0.4, -0.2) is 125 Å². The molecule has 10 aromatic rings. The van der Waals surface area contributed by atoms with E-state index >= 15 is 0 Å². The number of carbonyl (C=O) groups excluding carboxylic acids is 5. The molecule has 0 spiro atoms. The third kappa shape index (κ3) is 13.6. The number of aliphatic hydroxyl groups excluding tert-OH is 1. The van der Waals surface area contributed by atoms with E-state index in [0.29, 0.717) is 66.3 Å². The Balaban J connectivity index is 0.000000177. The van der Waals surface area contributed by atoms with E-state index in [-0.39, 0.29) is 115 Å². The average Bonchev–Trinajstić information content (AvgIpc) is 1.61. The lowest BCUT2D eigenvalue weighted by molar-refractivity contribution is -0.118. The first kappa shape index (κ1) is 70.8. The molecule has 10 aromatic carbocycles. The van der Waals surface area contributed by atoms with Crippen LogP contribution in [0.25, 0.3) is 21.5 Å². The van der Waals surface area contributed by atoms with Gasteiger partial charge in [-0.15, -0.1) is 23.2 Å². The molecule has 5 atom stereocenters. The zero-order valence-electron chi connectivity index (χ0n) is 57.8. The van der Waals surface area contributed by atoms with Crippen LogP contribution in [0.4, 0.5) is 27.5 Å². The number of ether oxygens (including phenoxy) is 5. The van der Waals surface area contributed by atoms with E-state index in [4.69, 9.17) is 51.9 Å². The molecule has 6 aliphatic heterocycles. The third-order valence-electron chi connectivity index (χ3n) is 20.5. The first-order valence-electron chi connectivity index (χ1n) is 34.6. The van der Waals surface area contributed by atoms with Gasteiger partial charge in [-0.05, 0) is 103 Å². The highest BCUT2D eigenvalue weighted by Gasteiger charge is 2.46. The van der Waals surface area contributed by atoms with Gasteiger partial charge in [0.1, 0.15) is 25.6 Å². The Hall–Kier alpha value is -11.2. The monoisotopic (exact) mass is 1450 g/mol. The first-order valence-corrected chi connectivity index (χ1v) is 35.7. The molecule has 534 valence electrons. The van der Waals surface area contributed by atoms with Crippen molar-refractivity contribution in [1.29, 1.82) is 0 Å². The van der Waals surface area contributed by atoms with Gasteiger partial charge in [0.15, 0.2) is 29.2 Å². The largest absolute Gasteiger partial charge is 0.507 e. The highest BCUT2D eigenvalue weighted by atomic mass is 35.5. The van der Waals surface area contributed by atoms with Crippen molar-refractivity contribution in [3.8, 4) is 28.7 Å². The van der Waals surface area contributed by atoms with E-state index in [1.54, 1.807) is 35.1 Å². The molecular weight excluding hydrogens is 1370 g/mol. The maximum atomic E-state index is 14.2. The van der Waals surface area contributed by atoms with Gasteiger partial charge in [-0.25, -0.2) is 9.69 Å². The number of carbonyl (C=O) groups is 5. The van der Waals surface area contributed by atoms with Crippen molar-refractivity contribution in [2.75, 3.05) is 60.4 Å². The summed E-state index contributed by atoms with van der Waals surface area (Å²) in [5, 5.41) is 26.6. The average molecular weight is 1450 g/mol. The lowest BCUT2D eigenvalue weighted by Gasteiger charge is -2.39. The van der Waals surface area contributed by atoms with Crippen molar-refractivity contribution in [2.45, 2.75) is 82.1 Å². The minimum atomic E-state index is -1.44. The highest BCUT2D eigenvalue weighted by molar-refractivity contribution is 6.19. The fourth-order valence-electron chi connectivity index (χ4n) is 15.5. The van der Waals surface area contributed by atoms with E-state index in [0.717, 1.165) is 88.6 Å². The number of alkyl halides is 2. The summed E-state index contributed by atoms with van der Waals surface area (Å²) in [6.45, 7) is 5.62. The van der Waals surface area contributed by atoms with Gasteiger partial charge in [-0.2, -0.15) is 0 Å². The van der Waals surface area contributed by atoms with Gasteiger partial charge in [0.2, 0.25) is 11.8 Å². The van der Waals surface area contributed by atoms with Crippen LogP contribution >= 0.6 is 23.2 Å². The molecule has 4 N–H and O–H groups in total. The number of aromatic hydroxyl groups is 1. The number of aliphatic imine (C=N–C) groups is 1. The maximum Gasteiger partial charge on any atom is 0.416 e. The molecule has 0 aliphatic carbocycles. The molecule has 16 rings (SSSR count). The molecule has 0 bridgehead atoms. The minimum absolute atomic E-state index is 0. The summed E-state index contributed by atoms with van der Waals surface area (Å²) in [6.07, 6.45) is 2.43. The SMILES string of the molecule is C=CCOC(=O)N1c2cc(OCc3cccc(CC(=O)N4C[C@@H](CCl)c5c4cc(O)c4ccccc54)c3)c(OC)cc2C(=O)N2Cc3ccccc3C[C@H]2C1O.COc1cc2c(cc1OCc1cccc(CC(=O)N3C[C@@H](CCl)c4c3ccc3ccccc43)c1)N=C[C@@H]1Cc3ccccc3CN1C2=O.O. The number of nitrogens with zero attached hydrogens (tertiary/aromatic N) is 6. The van der Waals surface area contributed by atoms with Crippen molar-refractivity contribution >= 4 is 103 Å². The normalized spacial score (nSPS) is 17.9. The van der Waals surface area contributed by atoms with Crippen LogP contribution in [0.1, 0.15) is 88.2 Å². The minimum Gasteiger partial charge on any atom is -0.507 e. The predicted octanol–water partition coefficient (Wildman–Crippen LogP) is 13.9. The summed E-state index contributed by atoms with van der Waals surface area (Å²) >= 11 is 12.8. The molecule has 0 saturated carbocycles. The molecule has 5 amide bonds. The third-order valence-corrected chi connectivity index (χ3v) is 21.3. The fraction of sp³-hybridized carbons (Fsp3) is 0.238. The Morgan fingerprint density at radius 2 is 1.10 bits per heavy atom. The smallest absolute Gasteiger partial charge is 0.416 e. The molecule has 0 radical (unpaired) electrons. The number of phenolic OH excluding ortho intramolecular Hbond substituents is 1. The van der Waals surface area contributed by atoms with Crippen LogP contribution in [0.2, 0.25) is 0 Å². The molecule has 19 nitrogen and oxygen atoms in total. The second-order valence-electron chi connectivity index (χ2n) is 26.8. The van der Waals surface area contributed by atoms with Crippen LogP contribution in [0.3, 0.4) is 0 Å². The Kier molecular flexibility index (Phi) is 20.4. The van der Waals surface area contributed by atoms with E-state index in [1.165, 1.54) is 30.9 Å². The summed E-state index contributed by atoms with van der Waals surface area (Å²) in [5.74, 6) is 1.80. The van der Waals surface area contributed by atoms with Crippen molar-refractivity contribution in [3.05, 3.63) is 267 Å². The number of anilines is 3. The van der Waals surface area contributed by atoms with E-state index in [9.17, 15) is 34.2 Å². The van der Waals surface area contributed by atoms with Crippen molar-refractivity contribution in [1.82, 2.24) is 9.80 Å². The quantitative estimate of drug-likeness (QED) is 0.0679. The summed E-state index contributed by atoms with van der Waals surface area (Å²) in [6, 6.07) is 58.6. The number of aliphatic hydroxyl groups is 1. The van der Waals surface area contributed by atoms with Crippen molar-refractivity contribution in [3.63, 3.8) is 0 Å². The van der Waals surface area contributed by atoms with Gasteiger partial charge in [-0.3, -0.25) is 24.2 Å². The topological polar surface area (TPSA) is 232 Å². The van der Waals surface area contributed by atoms with Crippen LogP contribution in [0.5, 0.6) is 28.7 Å². The Labute approximate surface area is 616 Å². The second-order valence-corrected chi connectivity index (χ2v) is 27.4. The second kappa shape index (κ2) is 30.2. The Bertz CT molecular complexity index is 5130. The zero-order valence-corrected chi connectivity index (χ0v) is 59.3. The summed E-state index contributed by atoms with van der Waals surface area (Å²) in [7, 11) is 3.03. The molecule has 21 heteroatoms. The van der Waals surface area contributed by atoms with Gasteiger partial charge >= 0.3 is 6.09 Å². The molecule has 0 fully saturated rings. The van der Waals surface area contributed by atoms with Crippen LogP contribution in [0, 0.1) is 0 Å². The number of halogens is 2. The lowest BCUT2D eigenvalue weighted by atomic mass is 9.93. The van der Waals surface area contributed by atoms with Crippen molar-refractivity contribution in [2.24, 2.45) is 4.99 Å². The zero-order chi connectivity index (χ0) is 71.9. The number of rotatable bonds is 16. The summed E-state index contributed by atoms with van der Waals surface area (Å²) < 4.78 is 29.4. The molecule has 105 heavy (non-hydrogen) atoms. The molecule has 0 saturated heterocycles. The van der Waals surface area contributed by atoms with Gasteiger partial charge < -0.3 is 59.0 Å². The summed E-state index contributed by atoms with van der Waals surface area (Å²) in [4.78, 5) is 82.0. The summed E-state index contributed by atoms with van der Waals surface area (Å²) in [5.41, 5.74) is 12.7. The number of benzene rings is 10. The molecule has 6 aliphatic rings. The van der Waals surface area contributed by atoms with Crippen molar-refractivity contribution < 1.29 is 63.3 Å². The number of fused-ring (bicyclic) bond motifs is 12. The Morgan fingerprint density at radius 1 is 0.562 bits per heavy atom. The predicted molar refractivity (Wildman–Crippen MR) is 406 cm³/mol. The number of hydrogen-bond donors (Lipinski definition) is 2. The number of methoxy groups -OCH3 is 2. The van der Waals surface area contributed by atoms with Gasteiger partial charge in [-0.1, -0.05) is 164 Å². The molecule has 0 aromatic heterocycles. The van der Waals surface area contributed by atoms with Gasteiger partial charge in [0.05, 0.1) is 67.3 Å². The van der Waals surface area contributed by atoms with Crippen LogP contribution < -0.4 is 33.6 Å². The molecular formula is C84H76Cl2N6O13. The van der Waals surface area contributed by atoms with E-state index in [1.807, 2.05) is 143 Å². The number of hydrogen-bond acceptors (Lipinski definition) is 13. The van der Waals surface area contributed by atoms with Crippen LogP contribution in [-0.2, 0) is 66.3 Å². The standard InChI is InChI=1S/C44H40ClN3O8.C40H34ClN3O4.H2O/c1-3-15-55-44(53)48-34-21-39(38(54-2)19-33(34)42(51)47-23-29-12-5-4-11-28(29)18-36(47)43(48)52)56-25-27-10-8-9-26(16-27)17-40(50)46-24-30(22-45)41-32-14-7-6-13-31(32)37(49)20-35(41)46;1-47-36-18-33-34(42-21-31-17-28-10-2-3-11-29(28)22-43(31)40(33)46)19-37(36)48-24-26-8-6-7-25(15-26)16-38(45)44-23-30(20-41)39-32-12-5-4-9-27(32)13-14-35(39)44;/h3-14,16,19-21,30,36,43,49,52H,1,15,17-18,22-25H2,2H3;2-15,18-19,21,30-31H,16-17,20,22-24H2,1H3;1H2/t30-,36+,43?;30-,31+;/m11./s1. The highest BCUT2D eigenvalue weighted by Crippen LogP contribution is 2.48. The maximum absolute atomic E-state index is 14.2. The van der Waals surface area contributed by atoms with Crippen LogP contribution in [0.15, 0.2) is 206 Å². The molecule has 1 unspecified atom stereocenters. The lowest BCUT2D eigenvalue weighted by Crippen LogP contribution is -2.55. The molecule has 6 heterocycles.